The van der Waals surface area contributed by atoms with Crippen molar-refractivity contribution in [2.75, 3.05) is 13.7 Å². The Kier molecular flexibility index (Phi) is 5.22. The second-order valence-electron chi connectivity index (χ2n) is 6.70. The molecule has 1 atom stereocenters. The maximum absolute atomic E-state index is 12.5. The zero-order valence-electron chi connectivity index (χ0n) is 16.1. The van der Waals surface area contributed by atoms with Gasteiger partial charge in [0.05, 0.1) is 13.3 Å². The molecular formula is C22H19F2N3O3. The molecule has 0 aliphatic carbocycles. The lowest BCUT2D eigenvalue weighted by molar-refractivity contribution is -0.0498. The monoisotopic (exact) mass is 411 g/mol. The molecule has 154 valence electrons. The van der Waals surface area contributed by atoms with Crippen LogP contribution in [0.2, 0.25) is 0 Å². The molecule has 0 unspecified atom stereocenters. The van der Waals surface area contributed by atoms with Crippen LogP contribution in [0.3, 0.4) is 0 Å². The van der Waals surface area contributed by atoms with Gasteiger partial charge < -0.3 is 19.9 Å². The molecule has 0 radical (unpaired) electrons. The number of pyridine rings is 1. The Bertz CT molecular complexity index is 1070. The van der Waals surface area contributed by atoms with Gasteiger partial charge in [0.15, 0.2) is 5.54 Å². The zero-order chi connectivity index (χ0) is 21.1. The lowest BCUT2D eigenvalue weighted by Gasteiger charge is -2.26. The quantitative estimate of drug-likeness (QED) is 0.665. The Morgan fingerprint density at radius 3 is 2.47 bits per heavy atom. The first-order valence-corrected chi connectivity index (χ1v) is 9.13. The number of ether oxygens (including phenoxy) is 3. The van der Waals surface area contributed by atoms with Crippen molar-refractivity contribution in [1.82, 2.24) is 4.98 Å². The number of benzene rings is 2. The highest BCUT2D eigenvalue weighted by Crippen LogP contribution is 2.39. The SMILES string of the molecule is COc1cncc(-c2cccc([C@@]3(c4ccc(OC(F)F)cc4)COC(N)=N3)c2)c1. The van der Waals surface area contributed by atoms with Crippen LogP contribution in [0.5, 0.6) is 11.5 Å². The van der Waals surface area contributed by atoms with Crippen molar-refractivity contribution in [3.8, 4) is 22.6 Å². The number of amidine groups is 1. The molecule has 0 spiro atoms. The second kappa shape index (κ2) is 7.98. The number of methoxy groups -OCH3 is 1. The van der Waals surface area contributed by atoms with Gasteiger partial charge in [0, 0.05) is 11.8 Å². The minimum absolute atomic E-state index is 0.0657. The summed E-state index contributed by atoms with van der Waals surface area (Å²) in [5.74, 6) is 0.713. The third-order valence-electron chi connectivity index (χ3n) is 4.91. The lowest BCUT2D eigenvalue weighted by Crippen LogP contribution is -2.27. The van der Waals surface area contributed by atoms with Crippen LogP contribution in [0.15, 0.2) is 72.0 Å². The normalized spacial score (nSPS) is 18.1. The largest absolute Gasteiger partial charge is 0.495 e. The third kappa shape index (κ3) is 3.76. The molecule has 0 saturated heterocycles. The van der Waals surface area contributed by atoms with Crippen LogP contribution in [-0.4, -0.2) is 31.3 Å². The van der Waals surface area contributed by atoms with Crippen LogP contribution < -0.4 is 15.2 Å². The Hall–Kier alpha value is -3.68. The van der Waals surface area contributed by atoms with Crippen molar-refractivity contribution in [2.24, 2.45) is 10.7 Å². The summed E-state index contributed by atoms with van der Waals surface area (Å²) in [7, 11) is 1.58. The molecule has 3 aromatic rings. The molecule has 0 bridgehead atoms. The Balaban J connectivity index is 1.76. The number of aliphatic imine (C=N–C) groups is 1. The van der Waals surface area contributed by atoms with Gasteiger partial charge in [-0.25, -0.2) is 4.99 Å². The van der Waals surface area contributed by atoms with E-state index < -0.39 is 12.2 Å². The number of halogens is 2. The van der Waals surface area contributed by atoms with Crippen LogP contribution in [0.4, 0.5) is 8.78 Å². The minimum Gasteiger partial charge on any atom is -0.495 e. The highest BCUT2D eigenvalue weighted by molar-refractivity contribution is 5.76. The van der Waals surface area contributed by atoms with E-state index >= 15 is 0 Å². The van der Waals surface area contributed by atoms with E-state index in [0.29, 0.717) is 5.75 Å². The molecule has 30 heavy (non-hydrogen) atoms. The lowest BCUT2D eigenvalue weighted by atomic mass is 9.83. The highest BCUT2D eigenvalue weighted by atomic mass is 19.3. The molecular weight excluding hydrogens is 392 g/mol. The van der Waals surface area contributed by atoms with E-state index in [1.165, 1.54) is 12.1 Å². The predicted octanol–water partition coefficient (Wildman–Crippen LogP) is 3.95. The molecule has 0 amide bonds. The fraction of sp³-hybridized carbons (Fsp3) is 0.182. The van der Waals surface area contributed by atoms with E-state index in [0.717, 1.165) is 22.3 Å². The molecule has 1 aliphatic heterocycles. The first kappa shape index (κ1) is 19.6. The van der Waals surface area contributed by atoms with Gasteiger partial charge in [-0.15, -0.1) is 0 Å². The van der Waals surface area contributed by atoms with Crippen LogP contribution in [0, 0.1) is 0 Å². The number of hydrogen-bond acceptors (Lipinski definition) is 6. The number of aromatic nitrogens is 1. The number of nitrogens with zero attached hydrogens (tertiary/aromatic N) is 2. The Morgan fingerprint density at radius 2 is 1.80 bits per heavy atom. The van der Waals surface area contributed by atoms with Crippen molar-refractivity contribution < 1.29 is 23.0 Å². The molecule has 0 fully saturated rings. The number of alkyl halides is 2. The topological polar surface area (TPSA) is 79.0 Å². The van der Waals surface area contributed by atoms with E-state index in [2.05, 4.69) is 14.7 Å². The highest BCUT2D eigenvalue weighted by Gasteiger charge is 2.40. The Morgan fingerprint density at radius 1 is 1.00 bits per heavy atom. The maximum Gasteiger partial charge on any atom is 0.387 e. The summed E-state index contributed by atoms with van der Waals surface area (Å²) in [4.78, 5) is 8.77. The van der Waals surface area contributed by atoms with Gasteiger partial charge in [-0.3, -0.25) is 4.98 Å². The zero-order valence-corrected chi connectivity index (χ0v) is 16.1. The van der Waals surface area contributed by atoms with Crippen LogP contribution >= 0.6 is 0 Å². The van der Waals surface area contributed by atoms with Crippen molar-refractivity contribution in [1.29, 1.82) is 0 Å². The second-order valence-corrected chi connectivity index (χ2v) is 6.70. The fourth-order valence-electron chi connectivity index (χ4n) is 3.45. The summed E-state index contributed by atoms with van der Waals surface area (Å²) < 4.78 is 40.2. The molecule has 2 N–H and O–H groups in total. The van der Waals surface area contributed by atoms with Gasteiger partial charge in [0.2, 0.25) is 0 Å². The van der Waals surface area contributed by atoms with Crippen molar-refractivity contribution >= 4 is 6.02 Å². The molecule has 6 nitrogen and oxygen atoms in total. The summed E-state index contributed by atoms with van der Waals surface area (Å²) >= 11 is 0. The van der Waals surface area contributed by atoms with E-state index in [-0.39, 0.29) is 18.4 Å². The average Bonchev–Trinajstić information content (AvgIpc) is 3.17. The van der Waals surface area contributed by atoms with Crippen molar-refractivity contribution in [2.45, 2.75) is 12.2 Å². The molecule has 1 aromatic heterocycles. The third-order valence-corrected chi connectivity index (χ3v) is 4.91. The van der Waals surface area contributed by atoms with Gasteiger partial charge in [0.1, 0.15) is 18.1 Å². The average molecular weight is 411 g/mol. The van der Waals surface area contributed by atoms with Gasteiger partial charge in [-0.05, 0) is 41.0 Å². The summed E-state index contributed by atoms with van der Waals surface area (Å²) in [6, 6.07) is 16.0. The van der Waals surface area contributed by atoms with Gasteiger partial charge in [0.25, 0.3) is 6.02 Å². The minimum atomic E-state index is -2.89. The summed E-state index contributed by atoms with van der Waals surface area (Å²) in [6.07, 6.45) is 3.38. The standard InChI is InChI=1S/C22H19F2N3O3/c1-28-19-10-15(11-26-12-19)14-3-2-4-17(9-14)22(13-29-21(25)27-22)16-5-7-18(8-6-16)30-20(23)24/h2-12,20H,13H2,1H3,(H2,25,27)/t22-/m0/s1. The maximum atomic E-state index is 12.5. The summed E-state index contributed by atoms with van der Waals surface area (Å²) in [6.45, 7) is -2.70. The number of rotatable bonds is 6. The van der Waals surface area contributed by atoms with Crippen LogP contribution in [0.25, 0.3) is 11.1 Å². The number of hydrogen-bond donors (Lipinski definition) is 1. The first-order valence-electron chi connectivity index (χ1n) is 9.13. The van der Waals surface area contributed by atoms with Gasteiger partial charge >= 0.3 is 6.61 Å². The first-order chi connectivity index (χ1) is 14.5. The van der Waals surface area contributed by atoms with Crippen LogP contribution in [0.1, 0.15) is 11.1 Å². The van der Waals surface area contributed by atoms with E-state index in [9.17, 15) is 8.78 Å². The molecule has 0 saturated carbocycles. The van der Waals surface area contributed by atoms with E-state index in [4.69, 9.17) is 15.2 Å². The fourth-order valence-corrected chi connectivity index (χ4v) is 3.45. The van der Waals surface area contributed by atoms with E-state index in [1.807, 2.05) is 30.3 Å². The molecule has 1 aliphatic rings. The van der Waals surface area contributed by atoms with Crippen molar-refractivity contribution in [3.05, 3.63) is 78.1 Å². The summed E-state index contributed by atoms with van der Waals surface area (Å²) in [5, 5.41) is 0. The number of nitrogens with two attached hydrogens (primary N) is 1. The van der Waals surface area contributed by atoms with Crippen LogP contribution in [-0.2, 0) is 10.3 Å². The molecule has 8 heteroatoms. The van der Waals surface area contributed by atoms with Crippen molar-refractivity contribution in [3.63, 3.8) is 0 Å². The smallest absolute Gasteiger partial charge is 0.387 e. The summed E-state index contributed by atoms with van der Waals surface area (Å²) in [5.41, 5.74) is 8.31. The molecule has 2 aromatic carbocycles. The molecule has 2 heterocycles. The predicted molar refractivity (Wildman–Crippen MR) is 108 cm³/mol. The van der Waals surface area contributed by atoms with Gasteiger partial charge in [-0.2, -0.15) is 8.78 Å². The van der Waals surface area contributed by atoms with Gasteiger partial charge in [-0.1, -0.05) is 30.3 Å². The van der Waals surface area contributed by atoms with E-state index in [1.54, 1.807) is 31.6 Å². The molecule has 4 rings (SSSR count). The Labute approximate surface area is 171 Å².